The predicted octanol–water partition coefficient (Wildman–Crippen LogP) is 2.21. The molecule has 11 heteroatoms. The van der Waals surface area contributed by atoms with Gasteiger partial charge in [0, 0.05) is 51.2 Å². The Labute approximate surface area is 160 Å². The van der Waals surface area contributed by atoms with Gasteiger partial charge in [-0.3, -0.25) is 4.79 Å². The molecule has 1 amide bonds. The lowest BCUT2D eigenvalue weighted by molar-refractivity contribution is -0.272. The van der Waals surface area contributed by atoms with E-state index >= 15 is 0 Å². The highest BCUT2D eigenvalue weighted by atomic mass is 19.4. The molecule has 1 unspecified atom stereocenters. The summed E-state index contributed by atoms with van der Waals surface area (Å²) in [5.41, 5.74) is -3.14. The normalized spacial score (nSPS) is 14.3. The molecule has 0 aromatic carbocycles. The zero-order valence-electron chi connectivity index (χ0n) is 16.0. The minimum Gasteiger partial charge on any atom is -0.374 e. The lowest BCUT2D eigenvalue weighted by Crippen LogP contribution is -2.46. The molecule has 0 aliphatic heterocycles. The van der Waals surface area contributed by atoms with Gasteiger partial charge in [0.2, 0.25) is 17.4 Å². The maximum Gasteiger partial charge on any atom is 0.424 e. The van der Waals surface area contributed by atoms with Gasteiger partial charge < -0.3 is 19.5 Å². The van der Waals surface area contributed by atoms with Gasteiger partial charge in [0.1, 0.15) is 5.82 Å². The van der Waals surface area contributed by atoms with E-state index in [0.29, 0.717) is 24.6 Å². The summed E-state index contributed by atoms with van der Waals surface area (Å²) < 4.78 is 46.3. The van der Waals surface area contributed by atoms with Crippen LogP contribution in [0.5, 0.6) is 0 Å². The highest BCUT2D eigenvalue weighted by Crippen LogP contribution is 2.40. The fourth-order valence-electron chi connectivity index (χ4n) is 2.62. The van der Waals surface area contributed by atoms with Crippen LogP contribution < -0.4 is 5.32 Å². The number of alkyl halides is 3. The fourth-order valence-corrected chi connectivity index (χ4v) is 2.62. The molecule has 0 fully saturated rings. The van der Waals surface area contributed by atoms with E-state index in [9.17, 15) is 23.1 Å². The summed E-state index contributed by atoms with van der Waals surface area (Å²) in [6.45, 7) is 3.50. The lowest BCUT2D eigenvalue weighted by atomic mass is 9.97. The summed E-state index contributed by atoms with van der Waals surface area (Å²) in [5, 5.41) is 16.4. The van der Waals surface area contributed by atoms with Crippen molar-refractivity contribution >= 4 is 5.91 Å². The minimum atomic E-state index is -4.93. The van der Waals surface area contributed by atoms with Crippen LogP contribution in [0.4, 0.5) is 13.2 Å². The Kier molecular flexibility index (Phi) is 6.81. The first kappa shape index (κ1) is 21.9. The number of imidazole rings is 1. The summed E-state index contributed by atoms with van der Waals surface area (Å²) in [6, 6.07) is 0. The molecule has 2 heterocycles. The van der Waals surface area contributed by atoms with E-state index in [1.807, 2.05) is 13.8 Å². The molecule has 0 aliphatic carbocycles. The monoisotopic (exact) mass is 403 g/mol. The number of halogens is 3. The fraction of sp³-hybridized carbons (Fsp3) is 0.647. The number of nitrogens with zero attached hydrogens (tertiary/aromatic N) is 4. The minimum absolute atomic E-state index is 0.0895. The third kappa shape index (κ3) is 5.09. The van der Waals surface area contributed by atoms with Crippen molar-refractivity contribution in [3.8, 4) is 0 Å². The first-order chi connectivity index (χ1) is 13.0. The molecule has 1 atom stereocenters. The summed E-state index contributed by atoms with van der Waals surface area (Å²) >= 11 is 0. The van der Waals surface area contributed by atoms with E-state index in [-0.39, 0.29) is 18.9 Å². The molecule has 2 aromatic heterocycles. The molecule has 0 bridgehead atoms. The first-order valence-corrected chi connectivity index (χ1v) is 8.90. The second kappa shape index (κ2) is 8.72. The van der Waals surface area contributed by atoms with E-state index in [1.165, 1.54) is 19.4 Å². The van der Waals surface area contributed by atoms with E-state index in [4.69, 9.17) is 4.52 Å². The Morgan fingerprint density at radius 1 is 1.39 bits per heavy atom. The average molecular weight is 403 g/mol. The van der Waals surface area contributed by atoms with Crippen LogP contribution in [0.1, 0.15) is 56.6 Å². The maximum atomic E-state index is 13.4. The molecular formula is C17H24F3N5O3. The number of carbonyl (C=O) groups excluding carboxylic acids is 1. The second-order valence-electron chi connectivity index (χ2n) is 6.87. The van der Waals surface area contributed by atoms with Crippen molar-refractivity contribution in [2.45, 2.75) is 57.2 Å². The van der Waals surface area contributed by atoms with Gasteiger partial charge in [0.25, 0.3) is 0 Å². The zero-order valence-corrected chi connectivity index (χ0v) is 16.0. The molecule has 0 saturated carbocycles. The first-order valence-electron chi connectivity index (χ1n) is 8.90. The SMILES string of the molecule is CC(C)c1noc(CCCC(=O)NCCC(O)(c2nccn2C)C(F)(F)F)n1. The van der Waals surface area contributed by atoms with Crippen LogP contribution >= 0.6 is 0 Å². The molecule has 0 radical (unpaired) electrons. The smallest absolute Gasteiger partial charge is 0.374 e. The van der Waals surface area contributed by atoms with E-state index in [1.54, 1.807) is 0 Å². The predicted molar refractivity (Wildman–Crippen MR) is 92.1 cm³/mol. The van der Waals surface area contributed by atoms with E-state index in [2.05, 4.69) is 20.4 Å². The van der Waals surface area contributed by atoms with Crippen LogP contribution in [0.15, 0.2) is 16.9 Å². The van der Waals surface area contributed by atoms with E-state index < -0.39 is 29.9 Å². The Bertz CT molecular complexity index is 787. The number of nitrogens with one attached hydrogen (secondary N) is 1. The summed E-state index contributed by atoms with van der Waals surface area (Å²) in [6.07, 6.45) is -2.29. The Morgan fingerprint density at radius 3 is 2.64 bits per heavy atom. The van der Waals surface area contributed by atoms with Crippen LogP contribution in [0.25, 0.3) is 0 Å². The van der Waals surface area contributed by atoms with Crippen molar-refractivity contribution in [2.75, 3.05) is 6.54 Å². The highest BCUT2D eigenvalue weighted by Gasteiger charge is 2.57. The van der Waals surface area contributed by atoms with Crippen molar-refractivity contribution in [1.29, 1.82) is 0 Å². The number of hydrogen-bond acceptors (Lipinski definition) is 6. The van der Waals surface area contributed by atoms with Gasteiger partial charge in [0.05, 0.1) is 0 Å². The summed E-state index contributed by atoms with van der Waals surface area (Å²) in [7, 11) is 1.36. The Balaban J connectivity index is 1.82. The van der Waals surface area contributed by atoms with Crippen LogP contribution in [0.2, 0.25) is 0 Å². The largest absolute Gasteiger partial charge is 0.424 e. The number of aryl methyl sites for hydroxylation is 2. The van der Waals surface area contributed by atoms with E-state index in [0.717, 1.165) is 4.57 Å². The van der Waals surface area contributed by atoms with Gasteiger partial charge in [-0.1, -0.05) is 19.0 Å². The van der Waals surface area contributed by atoms with Gasteiger partial charge in [-0.2, -0.15) is 18.2 Å². The standard InChI is InChI=1S/C17H24F3N5O3/c1-11(2)14-23-13(28-24-14)6-4-5-12(26)21-8-7-16(27,17(18,19)20)15-22-9-10-25(15)3/h9-11,27H,4-8H2,1-3H3,(H,21,26). The Morgan fingerprint density at radius 2 is 2.11 bits per heavy atom. The van der Waals surface area contributed by atoms with Crippen LogP contribution in [0, 0.1) is 0 Å². The maximum absolute atomic E-state index is 13.4. The molecule has 0 aliphatic rings. The van der Waals surface area contributed by atoms with Crippen molar-refractivity contribution < 1.29 is 27.6 Å². The van der Waals surface area contributed by atoms with Crippen molar-refractivity contribution in [2.24, 2.45) is 7.05 Å². The zero-order chi connectivity index (χ0) is 20.9. The van der Waals surface area contributed by atoms with Crippen molar-refractivity contribution in [3.05, 3.63) is 29.9 Å². The molecule has 0 saturated heterocycles. The van der Waals surface area contributed by atoms with Crippen molar-refractivity contribution in [1.82, 2.24) is 25.0 Å². The van der Waals surface area contributed by atoms with Gasteiger partial charge >= 0.3 is 6.18 Å². The molecule has 156 valence electrons. The topological polar surface area (TPSA) is 106 Å². The third-order valence-electron chi connectivity index (χ3n) is 4.26. The van der Waals surface area contributed by atoms with Gasteiger partial charge in [0.15, 0.2) is 5.82 Å². The van der Waals surface area contributed by atoms with Crippen LogP contribution in [-0.4, -0.2) is 43.4 Å². The number of amides is 1. The van der Waals surface area contributed by atoms with Crippen LogP contribution in [0.3, 0.4) is 0 Å². The molecule has 8 nitrogen and oxygen atoms in total. The van der Waals surface area contributed by atoms with Gasteiger partial charge in [-0.25, -0.2) is 4.98 Å². The molecule has 0 spiro atoms. The molecule has 2 rings (SSSR count). The van der Waals surface area contributed by atoms with Gasteiger partial charge in [-0.15, -0.1) is 0 Å². The van der Waals surface area contributed by atoms with Crippen LogP contribution in [-0.2, 0) is 23.9 Å². The third-order valence-corrected chi connectivity index (χ3v) is 4.26. The van der Waals surface area contributed by atoms with Gasteiger partial charge in [-0.05, 0) is 6.42 Å². The summed E-state index contributed by atoms with van der Waals surface area (Å²) in [4.78, 5) is 19.7. The average Bonchev–Trinajstić information content (AvgIpc) is 3.23. The summed E-state index contributed by atoms with van der Waals surface area (Å²) in [5.74, 6) is 0.185. The Hall–Kier alpha value is -2.43. The number of aromatic nitrogens is 4. The quantitative estimate of drug-likeness (QED) is 0.665. The molecule has 28 heavy (non-hydrogen) atoms. The van der Waals surface area contributed by atoms with Crippen molar-refractivity contribution in [3.63, 3.8) is 0 Å². The number of carbonyl (C=O) groups is 1. The number of rotatable bonds is 9. The molecule has 2 N–H and O–H groups in total. The molecular weight excluding hydrogens is 379 g/mol. The highest BCUT2D eigenvalue weighted by molar-refractivity contribution is 5.75. The lowest BCUT2D eigenvalue weighted by Gasteiger charge is -2.29. The molecule has 2 aromatic rings. The second-order valence-corrected chi connectivity index (χ2v) is 6.87. The number of hydrogen-bond donors (Lipinski definition) is 2. The number of aliphatic hydroxyl groups is 1.